The van der Waals surface area contributed by atoms with Gasteiger partial charge in [-0.05, 0) is 38.5 Å². The summed E-state index contributed by atoms with van der Waals surface area (Å²) in [5.74, 6) is 1.74. The third kappa shape index (κ3) is 7.70. The van der Waals surface area contributed by atoms with Crippen molar-refractivity contribution in [1.29, 1.82) is 0 Å². The molecule has 4 heteroatoms. The fourth-order valence-corrected chi connectivity index (χ4v) is 2.67. The summed E-state index contributed by atoms with van der Waals surface area (Å²) in [6, 6.07) is 0. The molecule has 4 nitrogen and oxygen atoms in total. The second-order valence-electron chi connectivity index (χ2n) is 7.16. The Morgan fingerprint density at radius 3 is 2.71 bits per heavy atom. The highest BCUT2D eigenvalue weighted by atomic mass is 16.5. The summed E-state index contributed by atoms with van der Waals surface area (Å²) in [7, 11) is 0. The molecule has 1 saturated heterocycles. The van der Waals surface area contributed by atoms with Gasteiger partial charge in [0.15, 0.2) is 5.96 Å². The molecular formula is C17H35N3O. The molecule has 0 radical (unpaired) electrons. The van der Waals surface area contributed by atoms with Crippen LogP contribution in [-0.2, 0) is 4.74 Å². The van der Waals surface area contributed by atoms with Crippen molar-refractivity contribution >= 4 is 5.96 Å². The smallest absolute Gasteiger partial charge is 0.193 e. The second kappa shape index (κ2) is 9.29. The van der Waals surface area contributed by atoms with Crippen LogP contribution in [0.4, 0.5) is 0 Å². The van der Waals surface area contributed by atoms with E-state index in [1.807, 2.05) is 0 Å². The van der Waals surface area contributed by atoms with Crippen molar-refractivity contribution in [3.05, 3.63) is 0 Å². The molecule has 1 unspecified atom stereocenters. The summed E-state index contributed by atoms with van der Waals surface area (Å²) in [5, 5.41) is 3.43. The lowest BCUT2D eigenvalue weighted by atomic mass is 9.91. The minimum absolute atomic E-state index is 0.407. The van der Waals surface area contributed by atoms with Crippen molar-refractivity contribution < 1.29 is 4.74 Å². The zero-order valence-electron chi connectivity index (χ0n) is 14.7. The lowest BCUT2D eigenvalue weighted by Gasteiger charge is -2.22. The first-order chi connectivity index (χ1) is 9.96. The summed E-state index contributed by atoms with van der Waals surface area (Å²) < 4.78 is 5.55. The van der Waals surface area contributed by atoms with E-state index in [0.29, 0.717) is 11.3 Å². The van der Waals surface area contributed by atoms with Crippen LogP contribution in [0.2, 0.25) is 0 Å². The van der Waals surface area contributed by atoms with Crippen LogP contribution in [0.15, 0.2) is 4.99 Å². The predicted molar refractivity (Wildman–Crippen MR) is 90.8 cm³/mol. The summed E-state index contributed by atoms with van der Waals surface area (Å²) in [6.07, 6.45) is 3.60. The molecule has 1 N–H and O–H groups in total. The van der Waals surface area contributed by atoms with Crippen LogP contribution in [0, 0.1) is 11.3 Å². The zero-order chi connectivity index (χ0) is 15.7. The third-order valence-corrected chi connectivity index (χ3v) is 3.82. The molecule has 0 aromatic heterocycles. The van der Waals surface area contributed by atoms with Gasteiger partial charge in [-0.1, -0.05) is 20.8 Å². The van der Waals surface area contributed by atoms with Gasteiger partial charge in [0.2, 0.25) is 0 Å². The maximum atomic E-state index is 5.55. The van der Waals surface area contributed by atoms with E-state index < -0.39 is 0 Å². The lowest BCUT2D eigenvalue weighted by molar-refractivity contribution is 0.114. The van der Waals surface area contributed by atoms with Crippen molar-refractivity contribution in [3.8, 4) is 0 Å². The molecule has 0 aliphatic carbocycles. The Morgan fingerprint density at radius 2 is 2.10 bits per heavy atom. The predicted octanol–water partition coefficient (Wildman–Crippen LogP) is 3.14. The molecule has 0 spiro atoms. The van der Waals surface area contributed by atoms with Gasteiger partial charge in [0, 0.05) is 38.7 Å². The van der Waals surface area contributed by atoms with Crippen molar-refractivity contribution in [3.63, 3.8) is 0 Å². The fraction of sp³-hybridized carbons (Fsp3) is 0.941. The zero-order valence-corrected chi connectivity index (χ0v) is 14.7. The number of ether oxygens (including phenoxy) is 1. The number of aliphatic imine (C=N–C) groups is 1. The van der Waals surface area contributed by atoms with E-state index in [1.165, 1.54) is 12.8 Å². The minimum Gasteiger partial charge on any atom is -0.381 e. The van der Waals surface area contributed by atoms with Gasteiger partial charge in [-0.3, -0.25) is 4.99 Å². The fourth-order valence-electron chi connectivity index (χ4n) is 2.67. The Kier molecular flexibility index (Phi) is 8.09. The third-order valence-electron chi connectivity index (χ3n) is 3.82. The van der Waals surface area contributed by atoms with Crippen LogP contribution in [0.5, 0.6) is 0 Å². The van der Waals surface area contributed by atoms with E-state index in [4.69, 9.17) is 9.73 Å². The Morgan fingerprint density at radius 1 is 1.33 bits per heavy atom. The van der Waals surface area contributed by atoms with Crippen LogP contribution < -0.4 is 5.32 Å². The van der Waals surface area contributed by atoms with Crippen molar-refractivity contribution in [2.75, 3.05) is 39.4 Å². The van der Waals surface area contributed by atoms with E-state index in [2.05, 4.69) is 44.8 Å². The van der Waals surface area contributed by atoms with E-state index in [0.717, 1.165) is 51.8 Å². The Hall–Kier alpha value is -0.770. The number of hydrogen-bond donors (Lipinski definition) is 1. The van der Waals surface area contributed by atoms with E-state index in [1.54, 1.807) is 0 Å². The van der Waals surface area contributed by atoms with Gasteiger partial charge in [0.25, 0.3) is 0 Å². The summed E-state index contributed by atoms with van der Waals surface area (Å²) in [5.41, 5.74) is 0.407. The topological polar surface area (TPSA) is 36.9 Å². The first-order valence-corrected chi connectivity index (χ1v) is 8.57. The first-order valence-electron chi connectivity index (χ1n) is 8.57. The molecule has 1 fully saturated rings. The van der Waals surface area contributed by atoms with Crippen LogP contribution in [0.1, 0.15) is 53.9 Å². The highest BCUT2D eigenvalue weighted by molar-refractivity contribution is 5.80. The average Bonchev–Trinajstić information content (AvgIpc) is 2.87. The largest absolute Gasteiger partial charge is 0.381 e. The maximum Gasteiger partial charge on any atom is 0.193 e. The van der Waals surface area contributed by atoms with Gasteiger partial charge in [-0.15, -0.1) is 0 Å². The van der Waals surface area contributed by atoms with Crippen LogP contribution >= 0.6 is 0 Å². The highest BCUT2D eigenvalue weighted by Crippen LogP contribution is 2.20. The molecule has 0 saturated carbocycles. The van der Waals surface area contributed by atoms with E-state index in [-0.39, 0.29) is 0 Å². The highest BCUT2D eigenvalue weighted by Gasteiger charge is 2.24. The quantitative estimate of drug-likeness (QED) is 0.445. The van der Waals surface area contributed by atoms with Gasteiger partial charge in [-0.25, -0.2) is 0 Å². The summed E-state index contributed by atoms with van der Waals surface area (Å²) in [6.45, 7) is 16.8. The average molecular weight is 297 g/mol. The number of rotatable bonds is 7. The van der Waals surface area contributed by atoms with Gasteiger partial charge in [0.1, 0.15) is 0 Å². The molecule has 1 heterocycles. The standard InChI is InChI=1S/C17H35N3O/c1-6-18-16(19-11-8-10-17(3,4)5)20-12-9-15(13-20)14-21-7-2/h15H,6-14H2,1-5H3,(H,18,19). The van der Waals surface area contributed by atoms with Gasteiger partial charge in [0.05, 0.1) is 6.61 Å². The number of guanidine groups is 1. The molecule has 0 aromatic carbocycles. The number of hydrogen-bond acceptors (Lipinski definition) is 2. The van der Waals surface area contributed by atoms with Crippen molar-refractivity contribution in [1.82, 2.24) is 10.2 Å². The molecule has 1 atom stereocenters. The second-order valence-corrected chi connectivity index (χ2v) is 7.16. The van der Waals surface area contributed by atoms with Crippen molar-refractivity contribution in [2.24, 2.45) is 16.3 Å². The molecule has 0 aromatic rings. The molecule has 1 aliphatic heterocycles. The molecule has 21 heavy (non-hydrogen) atoms. The van der Waals surface area contributed by atoms with E-state index >= 15 is 0 Å². The normalized spacial score (nSPS) is 20.1. The van der Waals surface area contributed by atoms with E-state index in [9.17, 15) is 0 Å². The molecular weight excluding hydrogens is 262 g/mol. The molecule has 124 valence electrons. The summed E-state index contributed by atoms with van der Waals surface area (Å²) in [4.78, 5) is 7.20. The van der Waals surface area contributed by atoms with Gasteiger partial charge < -0.3 is 15.0 Å². The first kappa shape index (κ1) is 18.3. The monoisotopic (exact) mass is 297 g/mol. The van der Waals surface area contributed by atoms with Gasteiger partial charge in [-0.2, -0.15) is 0 Å². The van der Waals surface area contributed by atoms with Crippen LogP contribution in [-0.4, -0.2) is 50.3 Å². The molecule has 1 aliphatic rings. The molecule has 1 rings (SSSR count). The molecule has 0 bridgehead atoms. The minimum atomic E-state index is 0.407. The van der Waals surface area contributed by atoms with Crippen molar-refractivity contribution in [2.45, 2.75) is 53.9 Å². The van der Waals surface area contributed by atoms with Gasteiger partial charge >= 0.3 is 0 Å². The number of nitrogens with one attached hydrogen (secondary N) is 1. The summed E-state index contributed by atoms with van der Waals surface area (Å²) >= 11 is 0. The Labute approximate surface area is 131 Å². The lowest BCUT2D eigenvalue weighted by Crippen LogP contribution is -2.40. The van der Waals surface area contributed by atoms with Crippen LogP contribution in [0.3, 0.4) is 0 Å². The Bertz CT molecular complexity index is 310. The number of nitrogens with zero attached hydrogens (tertiary/aromatic N) is 2. The Balaban J connectivity index is 2.42. The van der Waals surface area contributed by atoms with Crippen LogP contribution in [0.25, 0.3) is 0 Å². The molecule has 0 amide bonds. The number of likely N-dealkylation sites (tertiary alicyclic amines) is 1. The maximum absolute atomic E-state index is 5.55. The SMILES string of the molecule is CCNC(=NCCCC(C)(C)C)N1CCC(COCC)C1.